The molecule has 4 nitrogen and oxygen atoms in total. The summed E-state index contributed by atoms with van der Waals surface area (Å²) in [4.78, 5) is 22.6. The number of rotatable bonds is 3. The van der Waals surface area contributed by atoms with Gasteiger partial charge in [0, 0.05) is 18.5 Å². The number of carbonyl (C=O) groups excluding carboxylic acids is 1. The number of piperidine rings is 1. The van der Waals surface area contributed by atoms with Gasteiger partial charge in [0.05, 0.1) is 16.3 Å². The highest BCUT2D eigenvalue weighted by molar-refractivity contribution is 7.21. The SMILES string of the molecule is Nc1c(C(=O)N2CCCCC2)sc2nc(-c3cccs3)cc(-c3ccccc3)c12. The quantitative estimate of drug-likeness (QED) is 0.450. The van der Waals surface area contributed by atoms with Crippen LogP contribution in [-0.4, -0.2) is 28.9 Å². The summed E-state index contributed by atoms with van der Waals surface area (Å²) >= 11 is 3.09. The highest BCUT2D eigenvalue weighted by Crippen LogP contribution is 2.42. The predicted molar refractivity (Wildman–Crippen MR) is 123 cm³/mol. The molecule has 4 heterocycles. The third kappa shape index (κ3) is 3.32. The monoisotopic (exact) mass is 419 g/mol. The van der Waals surface area contributed by atoms with E-state index in [0.717, 1.165) is 57.8 Å². The van der Waals surface area contributed by atoms with E-state index in [4.69, 9.17) is 10.7 Å². The molecule has 0 radical (unpaired) electrons. The molecule has 2 N–H and O–H groups in total. The van der Waals surface area contributed by atoms with Crippen LogP contribution in [0, 0.1) is 0 Å². The molecule has 0 aliphatic carbocycles. The number of nitrogen functional groups attached to an aromatic ring is 1. The van der Waals surface area contributed by atoms with Gasteiger partial charge in [-0.05, 0) is 47.9 Å². The first kappa shape index (κ1) is 18.3. The Balaban J connectivity index is 1.70. The van der Waals surface area contributed by atoms with Gasteiger partial charge >= 0.3 is 0 Å². The fourth-order valence-electron chi connectivity index (χ4n) is 3.92. The maximum absolute atomic E-state index is 13.2. The van der Waals surface area contributed by atoms with Crippen molar-refractivity contribution in [2.24, 2.45) is 0 Å². The third-order valence-corrected chi connectivity index (χ3v) is 7.37. The van der Waals surface area contributed by atoms with Crippen molar-refractivity contribution in [1.82, 2.24) is 9.88 Å². The van der Waals surface area contributed by atoms with E-state index in [1.54, 1.807) is 11.3 Å². The molecule has 146 valence electrons. The minimum atomic E-state index is 0.0434. The molecule has 1 aliphatic rings. The van der Waals surface area contributed by atoms with Crippen LogP contribution < -0.4 is 5.73 Å². The Kier molecular flexibility index (Phi) is 4.81. The molecule has 0 spiro atoms. The molecule has 1 aliphatic heterocycles. The summed E-state index contributed by atoms with van der Waals surface area (Å²) in [6.45, 7) is 1.62. The third-order valence-electron chi connectivity index (χ3n) is 5.39. The van der Waals surface area contributed by atoms with Crippen molar-refractivity contribution >= 4 is 44.5 Å². The van der Waals surface area contributed by atoms with Crippen LogP contribution in [0.3, 0.4) is 0 Å². The first-order valence-corrected chi connectivity index (χ1v) is 11.5. The number of anilines is 1. The highest BCUT2D eigenvalue weighted by atomic mass is 32.1. The summed E-state index contributed by atoms with van der Waals surface area (Å²) in [5.74, 6) is 0.0434. The summed E-state index contributed by atoms with van der Waals surface area (Å²) in [7, 11) is 0. The van der Waals surface area contributed by atoms with Gasteiger partial charge in [-0.3, -0.25) is 4.79 Å². The van der Waals surface area contributed by atoms with Crippen molar-refractivity contribution in [3.05, 3.63) is 58.8 Å². The summed E-state index contributed by atoms with van der Waals surface area (Å²) < 4.78 is 0. The number of nitrogens with zero attached hydrogens (tertiary/aromatic N) is 2. The lowest BCUT2D eigenvalue weighted by molar-refractivity contribution is 0.0730. The number of benzene rings is 1. The predicted octanol–water partition coefficient (Wildman–Crippen LogP) is 5.90. The van der Waals surface area contributed by atoms with Crippen molar-refractivity contribution in [1.29, 1.82) is 0 Å². The fraction of sp³-hybridized carbons (Fsp3) is 0.217. The first-order valence-electron chi connectivity index (χ1n) is 9.84. The van der Waals surface area contributed by atoms with E-state index in [0.29, 0.717) is 10.6 Å². The van der Waals surface area contributed by atoms with Crippen molar-refractivity contribution in [3.63, 3.8) is 0 Å². The molecule has 1 amide bonds. The van der Waals surface area contributed by atoms with Gasteiger partial charge < -0.3 is 10.6 Å². The Morgan fingerprint density at radius 1 is 1.03 bits per heavy atom. The maximum atomic E-state index is 13.2. The molecule has 1 aromatic carbocycles. The molecule has 0 atom stereocenters. The Morgan fingerprint density at radius 3 is 2.55 bits per heavy atom. The van der Waals surface area contributed by atoms with Crippen LogP contribution in [0.1, 0.15) is 28.9 Å². The van der Waals surface area contributed by atoms with Crippen LogP contribution in [0.4, 0.5) is 5.69 Å². The van der Waals surface area contributed by atoms with Crippen LogP contribution in [0.15, 0.2) is 53.9 Å². The zero-order valence-electron chi connectivity index (χ0n) is 15.9. The van der Waals surface area contributed by atoms with Crippen LogP contribution in [-0.2, 0) is 0 Å². The van der Waals surface area contributed by atoms with Crippen molar-refractivity contribution < 1.29 is 4.79 Å². The Labute approximate surface area is 177 Å². The van der Waals surface area contributed by atoms with Gasteiger partial charge in [0.15, 0.2) is 0 Å². The molecular weight excluding hydrogens is 398 g/mol. The number of thiophene rings is 2. The normalized spacial score (nSPS) is 14.4. The number of amides is 1. The van der Waals surface area contributed by atoms with Crippen molar-refractivity contribution in [3.8, 4) is 21.7 Å². The molecule has 3 aromatic heterocycles. The number of nitrogens with two attached hydrogens (primary N) is 1. The topological polar surface area (TPSA) is 59.2 Å². The van der Waals surface area contributed by atoms with Gasteiger partial charge in [0.25, 0.3) is 5.91 Å². The van der Waals surface area contributed by atoms with E-state index < -0.39 is 0 Å². The Morgan fingerprint density at radius 2 is 1.83 bits per heavy atom. The zero-order valence-corrected chi connectivity index (χ0v) is 17.6. The second kappa shape index (κ2) is 7.61. The molecule has 0 unspecified atom stereocenters. The van der Waals surface area contributed by atoms with Gasteiger partial charge in [-0.25, -0.2) is 4.98 Å². The van der Waals surface area contributed by atoms with Crippen LogP contribution in [0.2, 0.25) is 0 Å². The second-order valence-electron chi connectivity index (χ2n) is 7.28. The Hall–Kier alpha value is -2.70. The number of fused-ring (bicyclic) bond motifs is 1. The molecule has 0 bridgehead atoms. The standard InChI is InChI=1S/C23H21N3OS2/c24-20-19-16(15-8-3-1-4-9-15)14-17(18-10-7-13-28-18)25-22(19)29-21(20)23(27)26-11-5-2-6-12-26/h1,3-4,7-10,13-14H,2,5-6,11-12,24H2. The summed E-state index contributed by atoms with van der Waals surface area (Å²) in [6.07, 6.45) is 3.31. The molecule has 4 aromatic rings. The largest absolute Gasteiger partial charge is 0.397 e. The smallest absolute Gasteiger partial charge is 0.266 e. The van der Waals surface area contributed by atoms with Crippen LogP contribution in [0.25, 0.3) is 31.9 Å². The molecule has 0 saturated carbocycles. The van der Waals surface area contributed by atoms with Crippen molar-refractivity contribution in [2.75, 3.05) is 18.8 Å². The maximum Gasteiger partial charge on any atom is 0.266 e. The average molecular weight is 420 g/mol. The minimum Gasteiger partial charge on any atom is -0.397 e. The van der Waals surface area contributed by atoms with E-state index in [9.17, 15) is 4.79 Å². The molecule has 5 rings (SSSR count). The number of hydrogen-bond donors (Lipinski definition) is 1. The fourth-order valence-corrected chi connectivity index (χ4v) is 5.69. The van der Waals surface area contributed by atoms with E-state index in [-0.39, 0.29) is 5.91 Å². The summed E-state index contributed by atoms with van der Waals surface area (Å²) in [5.41, 5.74) is 10.2. The molecule has 1 fully saturated rings. The summed E-state index contributed by atoms with van der Waals surface area (Å²) in [5, 5.41) is 2.94. The zero-order chi connectivity index (χ0) is 19.8. The molecule has 6 heteroatoms. The number of carbonyl (C=O) groups is 1. The summed E-state index contributed by atoms with van der Waals surface area (Å²) in [6, 6.07) is 16.4. The van der Waals surface area contributed by atoms with E-state index in [2.05, 4.69) is 29.6 Å². The minimum absolute atomic E-state index is 0.0434. The lowest BCUT2D eigenvalue weighted by Gasteiger charge is -2.26. The van der Waals surface area contributed by atoms with Gasteiger partial charge in [0.1, 0.15) is 9.71 Å². The Bertz CT molecular complexity index is 1160. The average Bonchev–Trinajstić information content (AvgIpc) is 3.42. The molecule has 29 heavy (non-hydrogen) atoms. The number of likely N-dealkylation sites (tertiary alicyclic amines) is 1. The van der Waals surface area contributed by atoms with E-state index >= 15 is 0 Å². The lowest BCUT2D eigenvalue weighted by Crippen LogP contribution is -2.35. The van der Waals surface area contributed by atoms with Gasteiger partial charge in [0.2, 0.25) is 0 Å². The van der Waals surface area contributed by atoms with E-state index in [1.807, 2.05) is 29.2 Å². The number of hydrogen-bond acceptors (Lipinski definition) is 5. The lowest BCUT2D eigenvalue weighted by atomic mass is 10.0. The first-order chi connectivity index (χ1) is 14.2. The van der Waals surface area contributed by atoms with Crippen LogP contribution in [0.5, 0.6) is 0 Å². The molecule has 1 saturated heterocycles. The van der Waals surface area contributed by atoms with Crippen molar-refractivity contribution in [2.45, 2.75) is 19.3 Å². The van der Waals surface area contributed by atoms with Crippen LogP contribution >= 0.6 is 22.7 Å². The van der Waals surface area contributed by atoms with Gasteiger partial charge in [-0.1, -0.05) is 36.4 Å². The number of pyridine rings is 1. The van der Waals surface area contributed by atoms with Gasteiger partial charge in [-0.2, -0.15) is 0 Å². The second-order valence-corrected chi connectivity index (χ2v) is 9.22. The number of aromatic nitrogens is 1. The van der Waals surface area contributed by atoms with E-state index in [1.165, 1.54) is 17.8 Å². The highest BCUT2D eigenvalue weighted by Gasteiger charge is 2.26. The molecular formula is C23H21N3OS2. The van der Waals surface area contributed by atoms with Gasteiger partial charge in [-0.15, -0.1) is 22.7 Å².